The fourth-order valence-electron chi connectivity index (χ4n) is 3.53. The second kappa shape index (κ2) is 7.98. The highest BCUT2D eigenvalue weighted by molar-refractivity contribution is 5.80. The lowest BCUT2D eigenvalue weighted by Crippen LogP contribution is -2.35. The van der Waals surface area contributed by atoms with Crippen LogP contribution < -0.4 is 4.74 Å². The third-order valence-corrected chi connectivity index (χ3v) is 5.11. The molecule has 2 heterocycles. The molecule has 6 nitrogen and oxygen atoms in total. The van der Waals surface area contributed by atoms with Crippen molar-refractivity contribution in [2.24, 2.45) is 0 Å². The largest absolute Gasteiger partial charge is 0.485 e. The molecule has 7 heteroatoms. The highest BCUT2D eigenvalue weighted by Crippen LogP contribution is 2.22. The first kappa shape index (κ1) is 18.4. The van der Waals surface area contributed by atoms with E-state index < -0.39 is 18.0 Å². The number of nitrogens with zero attached hydrogens (tertiary/aromatic N) is 3. The van der Waals surface area contributed by atoms with Gasteiger partial charge in [-0.05, 0) is 30.7 Å². The molecule has 4 rings (SSSR count). The van der Waals surface area contributed by atoms with Gasteiger partial charge < -0.3 is 19.3 Å². The van der Waals surface area contributed by atoms with E-state index in [-0.39, 0.29) is 18.2 Å². The number of fused-ring (bicyclic) bond motifs is 1. The van der Waals surface area contributed by atoms with Crippen LogP contribution in [0.1, 0.15) is 12.8 Å². The minimum atomic E-state index is -0.758. The van der Waals surface area contributed by atoms with Crippen LogP contribution in [0.15, 0.2) is 54.9 Å². The van der Waals surface area contributed by atoms with Gasteiger partial charge in [-0.1, -0.05) is 24.3 Å². The molecular weight excluding hydrogens is 361 g/mol. The molecule has 1 aliphatic heterocycles. The molecule has 0 saturated carbocycles. The van der Waals surface area contributed by atoms with Gasteiger partial charge in [0.2, 0.25) is 5.91 Å². The Bertz CT molecular complexity index is 974. The van der Waals surface area contributed by atoms with Crippen LogP contribution in [0.25, 0.3) is 11.0 Å². The van der Waals surface area contributed by atoms with Gasteiger partial charge in [0.1, 0.15) is 12.6 Å². The van der Waals surface area contributed by atoms with E-state index in [9.17, 15) is 14.3 Å². The first-order valence-corrected chi connectivity index (χ1v) is 9.39. The van der Waals surface area contributed by atoms with Crippen LogP contribution in [0.4, 0.5) is 4.39 Å². The maximum Gasteiger partial charge on any atom is 0.242 e. The van der Waals surface area contributed by atoms with Gasteiger partial charge in [0.25, 0.3) is 0 Å². The molecule has 1 N–H and O–H groups in total. The Labute approximate surface area is 162 Å². The van der Waals surface area contributed by atoms with Crippen molar-refractivity contribution in [1.29, 1.82) is 0 Å². The van der Waals surface area contributed by atoms with E-state index in [1.54, 1.807) is 29.4 Å². The number of hydrogen-bond acceptors (Lipinski definition) is 4. The van der Waals surface area contributed by atoms with Crippen molar-refractivity contribution in [3.63, 3.8) is 0 Å². The molecule has 1 amide bonds. The number of imidazole rings is 1. The van der Waals surface area contributed by atoms with Gasteiger partial charge in [0.15, 0.2) is 11.6 Å². The van der Waals surface area contributed by atoms with Crippen LogP contribution in [0.5, 0.6) is 5.75 Å². The Morgan fingerprint density at radius 1 is 1.14 bits per heavy atom. The minimum absolute atomic E-state index is 0.0399. The summed E-state index contributed by atoms with van der Waals surface area (Å²) in [5.74, 6) is -0.378. The lowest BCUT2D eigenvalue weighted by atomic mass is 10.1. The van der Waals surface area contributed by atoms with E-state index in [4.69, 9.17) is 4.74 Å². The molecule has 28 heavy (non-hydrogen) atoms. The number of aliphatic hydroxyl groups excluding tert-OH is 1. The number of ether oxygens (including phenoxy) is 1. The fourth-order valence-corrected chi connectivity index (χ4v) is 3.53. The number of likely N-dealkylation sites (tertiary alicyclic amines) is 1. The summed E-state index contributed by atoms with van der Waals surface area (Å²) in [5.41, 5.74) is 1.76. The molecule has 0 bridgehead atoms. The highest BCUT2D eigenvalue weighted by Gasteiger charge is 2.29. The molecule has 0 spiro atoms. The zero-order chi connectivity index (χ0) is 19.5. The quantitative estimate of drug-likeness (QED) is 0.752. The second-order valence-electron chi connectivity index (χ2n) is 6.97. The number of aliphatic hydroxyl groups is 1. The number of hydrogen-bond donors (Lipinski definition) is 1. The van der Waals surface area contributed by atoms with Crippen LogP contribution in [0, 0.1) is 5.82 Å². The summed E-state index contributed by atoms with van der Waals surface area (Å²) in [6.07, 6.45) is 1.18. The van der Waals surface area contributed by atoms with Crippen molar-refractivity contribution < 1.29 is 19.0 Å². The van der Waals surface area contributed by atoms with E-state index in [2.05, 4.69) is 4.98 Å². The molecule has 0 radical (unpaired) electrons. The molecule has 0 unspecified atom stereocenters. The van der Waals surface area contributed by atoms with Crippen LogP contribution in [0.2, 0.25) is 0 Å². The van der Waals surface area contributed by atoms with Crippen molar-refractivity contribution in [3.8, 4) is 5.75 Å². The predicted octanol–water partition coefficient (Wildman–Crippen LogP) is 2.61. The molecule has 1 aromatic heterocycles. The van der Waals surface area contributed by atoms with E-state index in [0.717, 1.165) is 11.0 Å². The number of amides is 1. The molecule has 3 aromatic rings. The number of para-hydroxylation sites is 3. The first-order valence-electron chi connectivity index (χ1n) is 9.39. The maximum atomic E-state index is 13.8. The highest BCUT2D eigenvalue weighted by atomic mass is 19.1. The Hall–Kier alpha value is -2.93. The zero-order valence-electron chi connectivity index (χ0n) is 15.4. The van der Waals surface area contributed by atoms with Gasteiger partial charge in [0, 0.05) is 19.5 Å². The Balaban J connectivity index is 1.41. The monoisotopic (exact) mass is 383 g/mol. The van der Waals surface area contributed by atoms with E-state index >= 15 is 0 Å². The third-order valence-electron chi connectivity index (χ3n) is 5.11. The summed E-state index contributed by atoms with van der Waals surface area (Å²) in [6.45, 7) is 1.07. The van der Waals surface area contributed by atoms with Crippen LogP contribution in [-0.2, 0) is 11.3 Å². The van der Waals surface area contributed by atoms with Crippen molar-refractivity contribution in [2.75, 3.05) is 13.1 Å². The van der Waals surface area contributed by atoms with Crippen molar-refractivity contribution in [2.45, 2.75) is 31.6 Å². The lowest BCUT2D eigenvalue weighted by molar-refractivity contribution is -0.131. The topological polar surface area (TPSA) is 67.6 Å². The normalized spacial score (nSPS) is 20.1. The summed E-state index contributed by atoms with van der Waals surface area (Å²) < 4.78 is 21.4. The number of halogens is 1. The molecular formula is C21H22FN3O3. The third kappa shape index (κ3) is 3.84. The number of rotatable bonds is 4. The fraction of sp³-hybridized carbons (Fsp3) is 0.333. The maximum absolute atomic E-state index is 13.8. The zero-order valence-corrected chi connectivity index (χ0v) is 15.4. The van der Waals surface area contributed by atoms with Crippen molar-refractivity contribution in [1.82, 2.24) is 14.5 Å². The molecule has 0 aliphatic carbocycles. The first-order chi connectivity index (χ1) is 13.6. The average Bonchev–Trinajstić information content (AvgIpc) is 3.01. The molecule has 1 saturated heterocycles. The summed E-state index contributed by atoms with van der Waals surface area (Å²) in [4.78, 5) is 18.8. The Morgan fingerprint density at radius 2 is 1.89 bits per heavy atom. The van der Waals surface area contributed by atoms with Crippen LogP contribution in [0.3, 0.4) is 0 Å². The Morgan fingerprint density at radius 3 is 2.75 bits per heavy atom. The summed E-state index contributed by atoms with van der Waals surface area (Å²) in [5, 5.41) is 10.4. The summed E-state index contributed by atoms with van der Waals surface area (Å²) in [7, 11) is 0. The number of aromatic nitrogens is 2. The molecule has 1 fully saturated rings. The van der Waals surface area contributed by atoms with Gasteiger partial charge in [-0.2, -0.15) is 0 Å². The van der Waals surface area contributed by atoms with E-state index in [1.807, 2.05) is 28.8 Å². The smallest absolute Gasteiger partial charge is 0.242 e. The van der Waals surface area contributed by atoms with Crippen LogP contribution in [-0.4, -0.2) is 50.8 Å². The molecule has 1 aliphatic rings. The number of benzene rings is 2. The average molecular weight is 383 g/mol. The minimum Gasteiger partial charge on any atom is -0.485 e. The van der Waals surface area contributed by atoms with Crippen molar-refractivity contribution >= 4 is 16.9 Å². The van der Waals surface area contributed by atoms with Gasteiger partial charge in [-0.3, -0.25) is 4.79 Å². The lowest BCUT2D eigenvalue weighted by Gasteiger charge is -2.22. The SMILES string of the molecule is O=C(Cn1cnc2ccccc21)N1CC[C@H](Oc2ccccc2F)[C@@H](O)CC1. The summed E-state index contributed by atoms with van der Waals surface area (Å²) >= 11 is 0. The molecule has 146 valence electrons. The standard InChI is InChI=1S/C21H22FN3O3/c22-15-5-1-4-8-19(15)28-20-10-12-24(11-9-18(20)26)21(27)13-25-14-23-16-6-2-3-7-17(16)25/h1-8,14,18,20,26H,9-13H2/t18-,20-/m0/s1. The van der Waals surface area contributed by atoms with Gasteiger partial charge in [-0.15, -0.1) is 0 Å². The predicted molar refractivity (Wildman–Crippen MR) is 102 cm³/mol. The number of carbonyl (C=O) groups is 1. The Kier molecular flexibility index (Phi) is 5.25. The van der Waals surface area contributed by atoms with E-state index in [1.165, 1.54) is 6.07 Å². The van der Waals surface area contributed by atoms with Crippen LogP contribution >= 0.6 is 0 Å². The second-order valence-corrected chi connectivity index (χ2v) is 6.97. The molecule has 2 aromatic carbocycles. The summed E-state index contributed by atoms with van der Waals surface area (Å²) in [6, 6.07) is 13.8. The molecule has 2 atom stereocenters. The van der Waals surface area contributed by atoms with Gasteiger partial charge in [0.05, 0.1) is 23.5 Å². The van der Waals surface area contributed by atoms with Gasteiger partial charge in [-0.25, -0.2) is 9.37 Å². The van der Waals surface area contributed by atoms with E-state index in [0.29, 0.717) is 25.9 Å². The van der Waals surface area contributed by atoms with Crippen molar-refractivity contribution in [3.05, 3.63) is 60.7 Å². The van der Waals surface area contributed by atoms with Gasteiger partial charge >= 0.3 is 0 Å². The number of carbonyl (C=O) groups excluding carboxylic acids is 1.